The van der Waals surface area contributed by atoms with Gasteiger partial charge in [-0.15, -0.1) is 0 Å². The Morgan fingerprint density at radius 3 is 2.94 bits per heavy atom. The first kappa shape index (κ1) is 13.5. The van der Waals surface area contributed by atoms with Gasteiger partial charge in [0.15, 0.2) is 0 Å². The quantitative estimate of drug-likeness (QED) is 0.576. The molecule has 1 unspecified atom stereocenters. The van der Waals surface area contributed by atoms with Gasteiger partial charge in [-0.2, -0.15) is 0 Å². The van der Waals surface area contributed by atoms with Crippen LogP contribution in [0.25, 0.3) is 0 Å². The van der Waals surface area contributed by atoms with Crippen LogP contribution in [0.2, 0.25) is 0 Å². The first-order valence-corrected chi connectivity index (χ1v) is 6.29. The van der Waals surface area contributed by atoms with Gasteiger partial charge in [0.05, 0.1) is 0 Å². The fourth-order valence-corrected chi connectivity index (χ4v) is 1.48. The lowest BCUT2D eigenvalue weighted by atomic mass is 10.1. The number of hydrogen-bond acceptors (Lipinski definition) is 3. The maximum atomic E-state index is 11.5. The van der Waals surface area contributed by atoms with Gasteiger partial charge in [-0.1, -0.05) is 6.92 Å². The lowest BCUT2D eigenvalue weighted by Gasteiger charge is -2.10. The van der Waals surface area contributed by atoms with Gasteiger partial charge < -0.3 is 15.8 Å². The summed E-state index contributed by atoms with van der Waals surface area (Å²) in [6.45, 7) is 4.84. The Kier molecular flexibility index (Phi) is 6.42. The Hall–Kier alpha value is -0.610. The molecular formula is C12H24N2O2. The molecule has 0 radical (unpaired) electrons. The third kappa shape index (κ3) is 6.08. The number of carbonyl (C=O) groups is 1. The van der Waals surface area contributed by atoms with E-state index in [2.05, 4.69) is 5.32 Å². The van der Waals surface area contributed by atoms with Crippen LogP contribution in [0, 0.1) is 11.8 Å². The fourth-order valence-electron chi connectivity index (χ4n) is 1.48. The minimum absolute atomic E-state index is 0.0254. The number of nitrogens with one attached hydrogen (secondary N) is 1. The van der Waals surface area contributed by atoms with E-state index >= 15 is 0 Å². The summed E-state index contributed by atoms with van der Waals surface area (Å²) in [4.78, 5) is 11.5. The molecule has 3 N–H and O–H groups in total. The van der Waals surface area contributed by atoms with Crippen molar-refractivity contribution in [1.82, 2.24) is 5.32 Å². The van der Waals surface area contributed by atoms with Crippen LogP contribution in [0.5, 0.6) is 0 Å². The van der Waals surface area contributed by atoms with Gasteiger partial charge >= 0.3 is 0 Å². The van der Waals surface area contributed by atoms with Crippen LogP contribution in [0.4, 0.5) is 0 Å². The van der Waals surface area contributed by atoms with E-state index in [0.29, 0.717) is 13.1 Å². The topological polar surface area (TPSA) is 64.4 Å². The predicted molar refractivity (Wildman–Crippen MR) is 64.0 cm³/mol. The second kappa shape index (κ2) is 7.63. The molecular weight excluding hydrogens is 204 g/mol. The van der Waals surface area contributed by atoms with Crippen LogP contribution in [-0.2, 0) is 9.53 Å². The molecule has 1 amide bonds. The van der Waals surface area contributed by atoms with Crippen LogP contribution in [0.3, 0.4) is 0 Å². The van der Waals surface area contributed by atoms with Gasteiger partial charge in [0.1, 0.15) is 0 Å². The van der Waals surface area contributed by atoms with Gasteiger partial charge in [-0.05, 0) is 38.1 Å². The van der Waals surface area contributed by atoms with E-state index in [1.165, 1.54) is 12.8 Å². The monoisotopic (exact) mass is 228 g/mol. The average Bonchev–Trinajstić information content (AvgIpc) is 3.07. The fraction of sp³-hybridized carbons (Fsp3) is 0.917. The minimum Gasteiger partial charge on any atom is -0.381 e. The lowest BCUT2D eigenvalue weighted by Crippen LogP contribution is -2.31. The van der Waals surface area contributed by atoms with Crippen molar-refractivity contribution in [3.05, 3.63) is 0 Å². The second-order valence-corrected chi connectivity index (χ2v) is 4.64. The Bertz CT molecular complexity index is 205. The summed E-state index contributed by atoms with van der Waals surface area (Å²) >= 11 is 0. The number of rotatable bonds is 9. The molecule has 0 saturated heterocycles. The normalized spacial score (nSPS) is 17.1. The molecule has 4 heteroatoms. The highest BCUT2D eigenvalue weighted by Crippen LogP contribution is 2.28. The molecule has 16 heavy (non-hydrogen) atoms. The molecule has 1 rings (SSSR count). The Morgan fingerprint density at radius 1 is 1.56 bits per heavy atom. The first-order valence-electron chi connectivity index (χ1n) is 6.29. The van der Waals surface area contributed by atoms with E-state index in [4.69, 9.17) is 10.5 Å². The summed E-state index contributed by atoms with van der Waals surface area (Å²) in [7, 11) is 0. The molecule has 0 aromatic carbocycles. The number of nitrogens with two attached hydrogens (primary N) is 1. The number of hydrogen-bond donors (Lipinski definition) is 2. The third-order valence-electron chi connectivity index (χ3n) is 2.86. The largest absolute Gasteiger partial charge is 0.381 e. The Balaban J connectivity index is 1.86. The molecule has 1 fully saturated rings. The third-order valence-corrected chi connectivity index (χ3v) is 2.86. The van der Waals surface area contributed by atoms with E-state index in [9.17, 15) is 4.79 Å². The van der Waals surface area contributed by atoms with E-state index in [1.807, 2.05) is 6.92 Å². The van der Waals surface area contributed by atoms with Crippen molar-refractivity contribution in [3.8, 4) is 0 Å². The highest BCUT2D eigenvalue weighted by Gasteiger charge is 2.20. The van der Waals surface area contributed by atoms with Crippen molar-refractivity contribution >= 4 is 5.91 Å². The summed E-state index contributed by atoms with van der Waals surface area (Å²) in [6.07, 6.45) is 4.30. The van der Waals surface area contributed by atoms with E-state index < -0.39 is 0 Å². The van der Waals surface area contributed by atoms with Gasteiger partial charge in [-0.3, -0.25) is 4.79 Å². The summed E-state index contributed by atoms with van der Waals surface area (Å²) < 4.78 is 5.48. The molecule has 0 heterocycles. The number of amides is 1. The predicted octanol–water partition coefficient (Wildman–Crippen LogP) is 0.904. The van der Waals surface area contributed by atoms with Crippen molar-refractivity contribution in [3.63, 3.8) is 0 Å². The van der Waals surface area contributed by atoms with Crippen LogP contribution >= 0.6 is 0 Å². The molecule has 0 spiro atoms. The average molecular weight is 228 g/mol. The molecule has 1 atom stereocenters. The van der Waals surface area contributed by atoms with Crippen LogP contribution < -0.4 is 11.1 Å². The van der Waals surface area contributed by atoms with Crippen LogP contribution in [-0.4, -0.2) is 32.2 Å². The van der Waals surface area contributed by atoms with Crippen molar-refractivity contribution in [2.45, 2.75) is 32.6 Å². The minimum atomic E-state index is 0.0254. The lowest BCUT2D eigenvalue weighted by molar-refractivity contribution is -0.124. The Morgan fingerprint density at radius 2 is 2.31 bits per heavy atom. The number of carbonyl (C=O) groups excluding carboxylic acids is 1. The highest BCUT2D eigenvalue weighted by atomic mass is 16.5. The van der Waals surface area contributed by atoms with Gasteiger partial charge in [-0.25, -0.2) is 0 Å². The zero-order chi connectivity index (χ0) is 11.8. The van der Waals surface area contributed by atoms with Gasteiger partial charge in [0, 0.05) is 25.7 Å². The standard InChI is InChI=1S/C12H24N2O2/c1-10(5-6-13)12(15)14-7-2-8-16-9-11-3-4-11/h10-11H,2-9,13H2,1H3,(H,14,15). The molecule has 0 bridgehead atoms. The SMILES string of the molecule is CC(CCN)C(=O)NCCCOCC1CC1. The van der Waals surface area contributed by atoms with Crippen molar-refractivity contribution in [2.24, 2.45) is 17.6 Å². The number of ether oxygens (including phenoxy) is 1. The summed E-state index contributed by atoms with van der Waals surface area (Å²) in [5, 5.41) is 2.90. The smallest absolute Gasteiger partial charge is 0.222 e. The van der Waals surface area contributed by atoms with E-state index in [-0.39, 0.29) is 11.8 Å². The van der Waals surface area contributed by atoms with E-state index in [1.54, 1.807) is 0 Å². The molecule has 0 aromatic heterocycles. The first-order chi connectivity index (χ1) is 7.74. The Labute approximate surface area is 97.9 Å². The van der Waals surface area contributed by atoms with Crippen LogP contribution in [0.1, 0.15) is 32.6 Å². The van der Waals surface area contributed by atoms with Crippen molar-refractivity contribution < 1.29 is 9.53 Å². The van der Waals surface area contributed by atoms with E-state index in [0.717, 1.165) is 32.0 Å². The molecule has 1 saturated carbocycles. The van der Waals surface area contributed by atoms with Crippen molar-refractivity contribution in [1.29, 1.82) is 0 Å². The molecule has 0 aromatic rings. The zero-order valence-electron chi connectivity index (χ0n) is 10.2. The zero-order valence-corrected chi connectivity index (χ0v) is 10.2. The summed E-state index contributed by atoms with van der Waals surface area (Å²) in [5.41, 5.74) is 5.40. The maximum Gasteiger partial charge on any atom is 0.222 e. The molecule has 4 nitrogen and oxygen atoms in total. The van der Waals surface area contributed by atoms with Crippen molar-refractivity contribution in [2.75, 3.05) is 26.3 Å². The molecule has 1 aliphatic carbocycles. The second-order valence-electron chi connectivity index (χ2n) is 4.64. The molecule has 1 aliphatic rings. The maximum absolute atomic E-state index is 11.5. The van der Waals surface area contributed by atoms with Gasteiger partial charge in [0.25, 0.3) is 0 Å². The summed E-state index contributed by atoms with van der Waals surface area (Å²) in [6, 6.07) is 0. The highest BCUT2D eigenvalue weighted by molar-refractivity contribution is 5.78. The van der Waals surface area contributed by atoms with Crippen LogP contribution in [0.15, 0.2) is 0 Å². The molecule has 94 valence electrons. The van der Waals surface area contributed by atoms with Gasteiger partial charge in [0.2, 0.25) is 5.91 Å². The molecule has 0 aliphatic heterocycles. The summed E-state index contributed by atoms with van der Waals surface area (Å²) in [5.74, 6) is 0.948.